The fourth-order valence-electron chi connectivity index (χ4n) is 3.25. The van der Waals surface area contributed by atoms with E-state index in [9.17, 15) is 9.90 Å². The minimum absolute atomic E-state index is 0.229. The van der Waals surface area contributed by atoms with Crippen LogP contribution in [0.5, 0.6) is 0 Å². The minimum Gasteiger partial charge on any atom is -0.390 e. The Balaban J connectivity index is 1.45. The Hall–Kier alpha value is -2.18. The number of amides is 1. The average Bonchev–Trinajstić information content (AvgIpc) is 3.09. The molecular formula is C19H26N4O2. The summed E-state index contributed by atoms with van der Waals surface area (Å²) in [6.45, 7) is 4.64. The van der Waals surface area contributed by atoms with Crippen LogP contribution >= 0.6 is 0 Å². The Labute approximate surface area is 148 Å². The van der Waals surface area contributed by atoms with Gasteiger partial charge in [-0.1, -0.05) is 37.6 Å². The van der Waals surface area contributed by atoms with Crippen molar-refractivity contribution in [3.8, 4) is 0 Å². The Morgan fingerprint density at radius 1 is 1.40 bits per heavy atom. The number of aromatic nitrogens is 2. The molecule has 2 heterocycles. The lowest BCUT2D eigenvalue weighted by molar-refractivity contribution is 0.0838. The van der Waals surface area contributed by atoms with Gasteiger partial charge in [0.05, 0.1) is 6.10 Å². The zero-order valence-electron chi connectivity index (χ0n) is 14.7. The van der Waals surface area contributed by atoms with Crippen molar-refractivity contribution < 1.29 is 9.90 Å². The van der Waals surface area contributed by atoms with Gasteiger partial charge < -0.3 is 10.4 Å². The Kier molecular flexibility index (Phi) is 5.83. The molecule has 1 aromatic heterocycles. The van der Waals surface area contributed by atoms with Crippen molar-refractivity contribution in [1.29, 1.82) is 0 Å². The van der Waals surface area contributed by atoms with E-state index in [2.05, 4.69) is 51.6 Å². The highest BCUT2D eigenvalue weighted by molar-refractivity contribution is 5.92. The summed E-state index contributed by atoms with van der Waals surface area (Å²) in [6, 6.07) is 10.2. The van der Waals surface area contributed by atoms with Crippen LogP contribution in [0.1, 0.15) is 40.7 Å². The van der Waals surface area contributed by atoms with Crippen LogP contribution < -0.4 is 5.32 Å². The molecule has 2 aromatic rings. The van der Waals surface area contributed by atoms with Gasteiger partial charge in [-0.15, -0.1) is 0 Å². The predicted octanol–water partition coefficient (Wildman–Crippen LogP) is 1.51. The average molecular weight is 342 g/mol. The molecule has 1 atom stereocenters. The molecule has 1 unspecified atom stereocenters. The first kappa shape index (κ1) is 17.6. The van der Waals surface area contributed by atoms with Gasteiger partial charge in [-0.05, 0) is 30.0 Å². The number of benzene rings is 1. The normalized spacial score (nSPS) is 15.6. The summed E-state index contributed by atoms with van der Waals surface area (Å²) in [5.41, 5.74) is 4.05. The van der Waals surface area contributed by atoms with Crippen molar-refractivity contribution in [3.63, 3.8) is 0 Å². The van der Waals surface area contributed by atoms with Gasteiger partial charge in [-0.25, -0.2) is 0 Å². The van der Waals surface area contributed by atoms with Crippen LogP contribution in [0.3, 0.4) is 0 Å². The van der Waals surface area contributed by atoms with E-state index in [1.807, 2.05) is 0 Å². The lowest BCUT2D eigenvalue weighted by Crippen LogP contribution is -2.42. The highest BCUT2D eigenvalue weighted by Crippen LogP contribution is 2.18. The summed E-state index contributed by atoms with van der Waals surface area (Å²) >= 11 is 0. The largest absolute Gasteiger partial charge is 0.390 e. The van der Waals surface area contributed by atoms with Gasteiger partial charge in [0, 0.05) is 31.9 Å². The minimum atomic E-state index is -0.594. The number of nitrogens with one attached hydrogen (secondary N) is 2. The third kappa shape index (κ3) is 4.67. The maximum Gasteiger partial charge on any atom is 0.271 e. The molecule has 0 bridgehead atoms. The maximum absolute atomic E-state index is 12.1. The van der Waals surface area contributed by atoms with Gasteiger partial charge in [-0.3, -0.25) is 14.8 Å². The van der Waals surface area contributed by atoms with E-state index in [0.29, 0.717) is 12.2 Å². The van der Waals surface area contributed by atoms with Gasteiger partial charge >= 0.3 is 0 Å². The molecule has 3 N–H and O–H groups in total. The van der Waals surface area contributed by atoms with Crippen LogP contribution in [0.25, 0.3) is 0 Å². The molecule has 6 nitrogen and oxygen atoms in total. The first-order valence-corrected chi connectivity index (χ1v) is 8.95. The lowest BCUT2D eigenvalue weighted by Gasteiger charge is -2.30. The molecule has 134 valence electrons. The summed E-state index contributed by atoms with van der Waals surface area (Å²) in [5.74, 6) is -0.248. The molecule has 0 spiro atoms. The van der Waals surface area contributed by atoms with Gasteiger partial charge in [0.1, 0.15) is 5.69 Å². The van der Waals surface area contributed by atoms with Gasteiger partial charge in [0.15, 0.2) is 0 Å². The molecule has 25 heavy (non-hydrogen) atoms. The Morgan fingerprint density at radius 2 is 2.20 bits per heavy atom. The smallest absolute Gasteiger partial charge is 0.271 e. The van der Waals surface area contributed by atoms with Crippen LogP contribution in [0.2, 0.25) is 0 Å². The fourth-order valence-corrected chi connectivity index (χ4v) is 3.25. The van der Waals surface area contributed by atoms with Crippen LogP contribution in [0.4, 0.5) is 0 Å². The number of fused-ring (bicyclic) bond motifs is 1. The van der Waals surface area contributed by atoms with Crippen molar-refractivity contribution in [2.45, 2.75) is 38.8 Å². The molecule has 1 amide bonds. The van der Waals surface area contributed by atoms with Crippen molar-refractivity contribution >= 4 is 5.91 Å². The summed E-state index contributed by atoms with van der Waals surface area (Å²) < 4.78 is 0. The van der Waals surface area contributed by atoms with Crippen LogP contribution in [-0.4, -0.2) is 51.8 Å². The molecule has 0 aliphatic carbocycles. The molecule has 0 fully saturated rings. The van der Waals surface area contributed by atoms with Gasteiger partial charge in [0.25, 0.3) is 5.91 Å². The Morgan fingerprint density at radius 3 is 3.00 bits per heavy atom. The monoisotopic (exact) mass is 342 g/mol. The Bertz CT molecular complexity index is 713. The first-order valence-electron chi connectivity index (χ1n) is 8.95. The standard InChI is InChI=1S/C19H26N4O2/c1-2-5-16-10-18(22-21-16)19(25)20-11-17(24)13-23-9-8-14-6-3-4-7-15(14)12-23/h3-4,6-7,10,17,24H,2,5,8-9,11-13H2,1H3,(H,20,25)(H,21,22). The highest BCUT2D eigenvalue weighted by Gasteiger charge is 2.19. The SMILES string of the molecule is CCCc1cc(C(=O)NCC(O)CN2CCc3ccccc3C2)n[nH]1. The molecule has 1 aliphatic heterocycles. The highest BCUT2D eigenvalue weighted by atomic mass is 16.3. The van der Waals surface area contributed by atoms with E-state index in [0.717, 1.165) is 38.0 Å². The number of aryl methyl sites for hydroxylation is 1. The van der Waals surface area contributed by atoms with E-state index in [-0.39, 0.29) is 12.5 Å². The third-order valence-corrected chi connectivity index (χ3v) is 4.56. The van der Waals surface area contributed by atoms with E-state index in [1.165, 1.54) is 11.1 Å². The summed E-state index contributed by atoms with van der Waals surface area (Å²) in [5, 5.41) is 19.9. The molecule has 1 aliphatic rings. The summed E-state index contributed by atoms with van der Waals surface area (Å²) in [4.78, 5) is 14.3. The number of H-pyrrole nitrogens is 1. The number of β-amino-alcohol motifs (C(OH)–C–C–N with tert-alkyl or cyclic N) is 1. The molecule has 0 saturated carbocycles. The predicted molar refractivity (Wildman–Crippen MR) is 96.3 cm³/mol. The first-order chi connectivity index (χ1) is 12.2. The summed E-state index contributed by atoms with van der Waals surface area (Å²) in [6.07, 6.45) is 2.28. The number of rotatable bonds is 7. The van der Waals surface area contributed by atoms with Crippen molar-refractivity contribution in [1.82, 2.24) is 20.4 Å². The van der Waals surface area contributed by atoms with Crippen LogP contribution in [0, 0.1) is 0 Å². The van der Waals surface area contributed by atoms with E-state index in [1.54, 1.807) is 6.07 Å². The number of nitrogens with zero attached hydrogens (tertiary/aromatic N) is 2. The van der Waals surface area contributed by atoms with Crippen LogP contribution in [0.15, 0.2) is 30.3 Å². The topological polar surface area (TPSA) is 81.2 Å². The maximum atomic E-state index is 12.1. The number of hydrogen-bond donors (Lipinski definition) is 3. The van der Waals surface area contributed by atoms with Crippen molar-refractivity contribution in [2.75, 3.05) is 19.6 Å². The van der Waals surface area contributed by atoms with Crippen LogP contribution in [-0.2, 0) is 19.4 Å². The summed E-state index contributed by atoms with van der Waals surface area (Å²) in [7, 11) is 0. The zero-order chi connectivity index (χ0) is 17.6. The van der Waals surface area contributed by atoms with Crippen molar-refractivity contribution in [2.24, 2.45) is 0 Å². The molecular weight excluding hydrogens is 316 g/mol. The lowest BCUT2D eigenvalue weighted by atomic mass is 10.00. The molecule has 3 rings (SSSR count). The van der Waals surface area contributed by atoms with E-state index in [4.69, 9.17) is 0 Å². The quantitative estimate of drug-likeness (QED) is 0.712. The number of aliphatic hydroxyl groups is 1. The van der Waals surface area contributed by atoms with Gasteiger partial charge in [0.2, 0.25) is 0 Å². The molecule has 0 radical (unpaired) electrons. The number of aliphatic hydroxyl groups excluding tert-OH is 1. The number of carbonyl (C=O) groups is 1. The van der Waals surface area contributed by atoms with E-state index < -0.39 is 6.10 Å². The number of hydrogen-bond acceptors (Lipinski definition) is 4. The number of carbonyl (C=O) groups excluding carboxylic acids is 1. The third-order valence-electron chi connectivity index (χ3n) is 4.56. The molecule has 0 saturated heterocycles. The second-order valence-electron chi connectivity index (χ2n) is 6.65. The fraction of sp³-hybridized carbons (Fsp3) is 0.474. The molecule has 1 aromatic carbocycles. The molecule has 6 heteroatoms. The number of aromatic amines is 1. The second-order valence-corrected chi connectivity index (χ2v) is 6.65. The zero-order valence-corrected chi connectivity index (χ0v) is 14.7. The van der Waals surface area contributed by atoms with Crippen molar-refractivity contribution in [3.05, 3.63) is 52.8 Å². The second kappa shape index (κ2) is 8.27. The van der Waals surface area contributed by atoms with E-state index >= 15 is 0 Å². The van der Waals surface area contributed by atoms with Gasteiger partial charge in [-0.2, -0.15) is 5.10 Å².